The number of nitrogens with one attached hydrogen (secondary N) is 1. The minimum Gasteiger partial charge on any atom is -0.396 e. The van der Waals surface area contributed by atoms with Gasteiger partial charge >= 0.3 is 0 Å². The van der Waals surface area contributed by atoms with Gasteiger partial charge in [0.2, 0.25) is 0 Å². The smallest absolute Gasteiger partial charge is 0.251 e. The molecule has 0 radical (unpaired) electrons. The number of amides is 1. The van der Waals surface area contributed by atoms with Crippen LogP contribution in [0.3, 0.4) is 0 Å². The summed E-state index contributed by atoms with van der Waals surface area (Å²) in [4.78, 5) is 12.4. The molecule has 0 aliphatic heterocycles. The van der Waals surface area contributed by atoms with E-state index >= 15 is 0 Å². The molecular formula is C16H23NO4S. The first-order valence-corrected chi connectivity index (χ1v) is 9.45. The van der Waals surface area contributed by atoms with Gasteiger partial charge in [0, 0.05) is 23.8 Å². The first kappa shape index (κ1) is 17.0. The Hall–Kier alpha value is -1.40. The molecular weight excluding hydrogens is 302 g/mol. The van der Waals surface area contributed by atoms with Crippen LogP contribution in [0.4, 0.5) is 0 Å². The highest BCUT2D eigenvalue weighted by Gasteiger charge is 2.31. The van der Waals surface area contributed by atoms with E-state index in [1.807, 2.05) is 0 Å². The molecule has 0 bridgehead atoms. The topological polar surface area (TPSA) is 83.5 Å². The van der Waals surface area contributed by atoms with E-state index in [4.69, 9.17) is 0 Å². The van der Waals surface area contributed by atoms with Gasteiger partial charge in [-0.2, -0.15) is 0 Å². The monoisotopic (exact) mass is 325 g/mol. The fraction of sp³-hybridized carbons (Fsp3) is 0.562. The number of carbonyl (C=O) groups is 1. The highest BCUT2D eigenvalue weighted by Crippen LogP contribution is 2.35. The predicted octanol–water partition coefficient (Wildman–Crippen LogP) is 1.76. The van der Waals surface area contributed by atoms with Gasteiger partial charge in [-0.05, 0) is 31.0 Å². The Morgan fingerprint density at radius 2 is 1.95 bits per heavy atom. The number of sulfone groups is 1. The Bertz CT molecular complexity index is 633. The molecule has 1 aliphatic rings. The van der Waals surface area contributed by atoms with E-state index < -0.39 is 9.84 Å². The van der Waals surface area contributed by atoms with Crippen molar-refractivity contribution in [3.05, 3.63) is 29.8 Å². The second kappa shape index (κ2) is 6.79. The van der Waals surface area contributed by atoms with Crippen molar-refractivity contribution in [2.45, 2.75) is 37.0 Å². The molecule has 0 spiro atoms. The van der Waals surface area contributed by atoms with E-state index in [1.165, 1.54) is 18.6 Å². The summed E-state index contributed by atoms with van der Waals surface area (Å²) in [6.45, 7) is 0.488. The summed E-state index contributed by atoms with van der Waals surface area (Å²) in [6.07, 6.45) is 6.25. The summed E-state index contributed by atoms with van der Waals surface area (Å²) in [5.74, 6) is -0.302. The maximum Gasteiger partial charge on any atom is 0.251 e. The van der Waals surface area contributed by atoms with Crippen LogP contribution in [0.1, 0.15) is 42.5 Å². The molecule has 122 valence electrons. The third kappa shape index (κ3) is 4.08. The van der Waals surface area contributed by atoms with Crippen molar-refractivity contribution >= 4 is 15.7 Å². The number of carbonyl (C=O) groups excluding carboxylic acids is 1. The third-order valence-electron chi connectivity index (χ3n) is 4.40. The van der Waals surface area contributed by atoms with Crippen molar-refractivity contribution in [1.29, 1.82) is 0 Å². The van der Waals surface area contributed by atoms with E-state index in [-0.39, 0.29) is 22.8 Å². The van der Waals surface area contributed by atoms with Gasteiger partial charge in [0.1, 0.15) is 0 Å². The van der Waals surface area contributed by atoms with Gasteiger partial charge in [-0.25, -0.2) is 8.42 Å². The van der Waals surface area contributed by atoms with Gasteiger partial charge in [-0.3, -0.25) is 4.79 Å². The molecule has 0 unspecified atom stereocenters. The van der Waals surface area contributed by atoms with Gasteiger partial charge < -0.3 is 10.4 Å². The van der Waals surface area contributed by atoms with E-state index in [0.29, 0.717) is 12.1 Å². The zero-order chi connectivity index (χ0) is 16.2. The maximum atomic E-state index is 12.2. The highest BCUT2D eigenvalue weighted by molar-refractivity contribution is 7.90. The molecule has 6 heteroatoms. The fourth-order valence-corrected chi connectivity index (χ4v) is 3.60. The maximum absolute atomic E-state index is 12.2. The number of aliphatic hydroxyl groups is 1. The molecule has 1 aliphatic carbocycles. The van der Waals surface area contributed by atoms with E-state index in [2.05, 4.69) is 5.32 Å². The van der Waals surface area contributed by atoms with Gasteiger partial charge in [-0.1, -0.05) is 25.3 Å². The van der Waals surface area contributed by atoms with E-state index in [9.17, 15) is 18.3 Å². The van der Waals surface area contributed by atoms with Crippen molar-refractivity contribution in [1.82, 2.24) is 5.32 Å². The Labute approximate surface area is 131 Å². The lowest BCUT2D eigenvalue weighted by atomic mass is 9.74. The number of hydrogen-bond donors (Lipinski definition) is 2. The van der Waals surface area contributed by atoms with Crippen molar-refractivity contribution in [2.24, 2.45) is 5.41 Å². The molecule has 1 amide bonds. The number of aliphatic hydroxyl groups excluding tert-OH is 1. The summed E-state index contributed by atoms with van der Waals surface area (Å²) in [5, 5.41) is 12.5. The summed E-state index contributed by atoms with van der Waals surface area (Å²) in [6, 6.07) is 6.02. The molecule has 2 rings (SSSR count). The summed E-state index contributed by atoms with van der Waals surface area (Å²) in [5.41, 5.74) is 0.0920. The standard InChI is InChI=1S/C16H23NO4S/c1-22(20,21)14-7-5-6-13(10-14)15(19)17-11-16(12-18)8-3-2-4-9-16/h5-7,10,18H,2-4,8-9,11-12H2,1H3,(H,17,19). The third-order valence-corrected chi connectivity index (χ3v) is 5.51. The Morgan fingerprint density at radius 1 is 1.27 bits per heavy atom. The largest absolute Gasteiger partial charge is 0.396 e. The minimum absolute atomic E-state index is 0.0661. The average Bonchev–Trinajstić information content (AvgIpc) is 2.53. The molecule has 1 aromatic carbocycles. The molecule has 0 aromatic heterocycles. The van der Waals surface area contributed by atoms with Crippen LogP contribution >= 0.6 is 0 Å². The predicted molar refractivity (Wildman–Crippen MR) is 84.5 cm³/mol. The van der Waals surface area contributed by atoms with Crippen LogP contribution in [0.2, 0.25) is 0 Å². The summed E-state index contributed by atoms with van der Waals surface area (Å²) in [7, 11) is -3.33. The molecule has 0 heterocycles. The molecule has 5 nitrogen and oxygen atoms in total. The van der Waals surface area contributed by atoms with E-state index in [1.54, 1.807) is 12.1 Å². The SMILES string of the molecule is CS(=O)(=O)c1cccc(C(=O)NCC2(CO)CCCCC2)c1. The molecule has 2 N–H and O–H groups in total. The number of rotatable bonds is 5. The lowest BCUT2D eigenvalue weighted by molar-refractivity contribution is 0.0718. The van der Waals surface area contributed by atoms with Crippen LogP contribution in [0.5, 0.6) is 0 Å². The molecule has 1 aromatic rings. The van der Waals surface area contributed by atoms with Gasteiger partial charge in [0.25, 0.3) is 5.91 Å². The van der Waals surface area contributed by atoms with Gasteiger partial charge in [0.15, 0.2) is 9.84 Å². The fourth-order valence-electron chi connectivity index (χ4n) is 2.93. The first-order chi connectivity index (χ1) is 10.4. The van der Waals surface area contributed by atoms with Crippen molar-refractivity contribution in [3.63, 3.8) is 0 Å². The van der Waals surface area contributed by atoms with Crippen LogP contribution < -0.4 is 5.32 Å². The van der Waals surface area contributed by atoms with Crippen LogP contribution in [-0.2, 0) is 9.84 Å². The molecule has 22 heavy (non-hydrogen) atoms. The minimum atomic E-state index is -3.33. The first-order valence-electron chi connectivity index (χ1n) is 7.56. The summed E-state index contributed by atoms with van der Waals surface area (Å²) >= 11 is 0. The van der Waals surface area contributed by atoms with E-state index in [0.717, 1.165) is 31.9 Å². The number of hydrogen-bond acceptors (Lipinski definition) is 4. The van der Waals surface area contributed by atoms with Crippen molar-refractivity contribution in [3.8, 4) is 0 Å². The van der Waals surface area contributed by atoms with Gasteiger partial charge in [0.05, 0.1) is 11.5 Å². The average molecular weight is 325 g/mol. The van der Waals surface area contributed by atoms with Crippen LogP contribution in [0.15, 0.2) is 29.2 Å². The quantitative estimate of drug-likeness (QED) is 0.864. The van der Waals surface area contributed by atoms with Gasteiger partial charge in [-0.15, -0.1) is 0 Å². The lowest BCUT2D eigenvalue weighted by Gasteiger charge is -2.35. The zero-order valence-corrected chi connectivity index (χ0v) is 13.7. The Balaban J connectivity index is 2.06. The molecule has 0 saturated heterocycles. The normalized spacial score (nSPS) is 17.9. The Morgan fingerprint density at radius 3 is 2.55 bits per heavy atom. The zero-order valence-electron chi connectivity index (χ0n) is 12.8. The lowest BCUT2D eigenvalue weighted by Crippen LogP contribution is -2.41. The second-order valence-corrected chi connectivity index (χ2v) is 8.22. The molecule has 1 fully saturated rings. The van der Waals surface area contributed by atoms with Crippen molar-refractivity contribution in [2.75, 3.05) is 19.4 Å². The van der Waals surface area contributed by atoms with Crippen LogP contribution in [-0.4, -0.2) is 38.8 Å². The molecule has 0 atom stereocenters. The van der Waals surface area contributed by atoms with Crippen LogP contribution in [0.25, 0.3) is 0 Å². The Kier molecular flexibility index (Phi) is 5.24. The summed E-state index contributed by atoms with van der Waals surface area (Å²) < 4.78 is 23.1. The molecule has 1 saturated carbocycles. The number of benzene rings is 1. The van der Waals surface area contributed by atoms with Crippen LogP contribution in [0, 0.1) is 5.41 Å². The second-order valence-electron chi connectivity index (χ2n) is 6.20. The van der Waals surface area contributed by atoms with Crippen molar-refractivity contribution < 1.29 is 18.3 Å². The highest BCUT2D eigenvalue weighted by atomic mass is 32.2.